The highest BCUT2D eigenvalue weighted by Gasteiger charge is 2.15. The van der Waals surface area contributed by atoms with Crippen molar-refractivity contribution < 1.29 is 13.6 Å². The van der Waals surface area contributed by atoms with Crippen LogP contribution in [0.25, 0.3) is 22.2 Å². The van der Waals surface area contributed by atoms with Gasteiger partial charge >= 0.3 is 0 Å². The van der Waals surface area contributed by atoms with Crippen LogP contribution in [0.5, 0.6) is 0 Å². The first-order valence-electron chi connectivity index (χ1n) is 7.47. The van der Waals surface area contributed by atoms with Gasteiger partial charge in [0.25, 0.3) is 5.91 Å². The minimum absolute atomic E-state index is 0.203. The van der Waals surface area contributed by atoms with Gasteiger partial charge in [0.05, 0.1) is 5.52 Å². The second kappa shape index (κ2) is 6.20. The van der Waals surface area contributed by atoms with Crippen LogP contribution in [0, 0.1) is 11.7 Å². The lowest BCUT2D eigenvalue weighted by Gasteiger charge is -2.06. The molecule has 5 heteroatoms. The zero-order chi connectivity index (χ0) is 16.4. The second-order valence-electron chi connectivity index (χ2n) is 5.80. The number of hydrogen-bond acceptors (Lipinski definition) is 3. The maximum Gasteiger partial charge on any atom is 0.287 e. The number of hydrogen-bond donors (Lipinski definition) is 1. The number of carbonyl (C=O) groups excluding carboxylic acids is 1. The summed E-state index contributed by atoms with van der Waals surface area (Å²) < 4.78 is 19.4. The number of amides is 1. The van der Waals surface area contributed by atoms with Gasteiger partial charge in [0.1, 0.15) is 11.6 Å². The highest BCUT2D eigenvalue weighted by molar-refractivity contribution is 5.95. The number of nitrogens with zero attached hydrogens (tertiary/aromatic N) is 1. The van der Waals surface area contributed by atoms with E-state index in [1.54, 1.807) is 30.5 Å². The van der Waals surface area contributed by atoms with Gasteiger partial charge in [-0.1, -0.05) is 19.9 Å². The molecule has 4 nitrogen and oxygen atoms in total. The molecule has 0 spiro atoms. The number of nitrogens with one attached hydrogen (secondary N) is 1. The number of furan rings is 1. The van der Waals surface area contributed by atoms with Crippen molar-refractivity contribution in [3.8, 4) is 11.3 Å². The van der Waals surface area contributed by atoms with Crippen LogP contribution in [0.2, 0.25) is 0 Å². The maximum absolute atomic E-state index is 13.8. The Bertz CT molecular complexity index is 855. The van der Waals surface area contributed by atoms with Crippen LogP contribution in [-0.4, -0.2) is 17.4 Å². The first-order valence-corrected chi connectivity index (χ1v) is 7.47. The lowest BCUT2D eigenvalue weighted by Crippen LogP contribution is -2.26. The molecule has 2 heterocycles. The summed E-state index contributed by atoms with van der Waals surface area (Å²) in [5.41, 5.74) is 1.17. The van der Waals surface area contributed by atoms with Crippen molar-refractivity contribution in [1.82, 2.24) is 10.3 Å². The fourth-order valence-electron chi connectivity index (χ4n) is 2.33. The molecule has 0 fully saturated rings. The third-order valence-corrected chi connectivity index (χ3v) is 3.44. The average Bonchev–Trinajstić information content (AvgIpc) is 3.01. The molecule has 2 aromatic heterocycles. The first-order chi connectivity index (χ1) is 11.0. The molecule has 0 radical (unpaired) electrons. The monoisotopic (exact) mass is 312 g/mol. The van der Waals surface area contributed by atoms with Gasteiger partial charge in [0.15, 0.2) is 5.76 Å². The summed E-state index contributed by atoms with van der Waals surface area (Å²) >= 11 is 0. The van der Waals surface area contributed by atoms with Crippen molar-refractivity contribution in [3.05, 3.63) is 54.2 Å². The number of carbonyl (C=O) groups is 1. The SMILES string of the molecule is CC(C)CNC(=O)c1ccc(-c2cc(F)cc3cccnc23)o1. The molecule has 0 aliphatic rings. The number of pyridine rings is 1. The van der Waals surface area contributed by atoms with E-state index in [-0.39, 0.29) is 17.5 Å². The van der Waals surface area contributed by atoms with Gasteiger partial charge in [-0.05, 0) is 36.2 Å². The van der Waals surface area contributed by atoms with Crippen molar-refractivity contribution in [2.75, 3.05) is 6.54 Å². The van der Waals surface area contributed by atoms with Crippen LogP contribution in [0.1, 0.15) is 24.4 Å². The predicted molar refractivity (Wildman–Crippen MR) is 86.6 cm³/mol. The van der Waals surface area contributed by atoms with Gasteiger partial charge in [-0.15, -0.1) is 0 Å². The first kappa shape index (κ1) is 15.2. The normalized spacial score (nSPS) is 11.1. The van der Waals surface area contributed by atoms with Crippen LogP contribution in [0.3, 0.4) is 0 Å². The Morgan fingerprint density at radius 2 is 2.13 bits per heavy atom. The van der Waals surface area contributed by atoms with Crippen LogP contribution in [0.15, 0.2) is 47.0 Å². The number of fused-ring (bicyclic) bond motifs is 1. The molecule has 0 unspecified atom stereocenters. The molecule has 0 saturated heterocycles. The summed E-state index contributed by atoms with van der Waals surface area (Å²) in [6.45, 7) is 4.59. The van der Waals surface area contributed by atoms with E-state index in [9.17, 15) is 9.18 Å². The van der Waals surface area contributed by atoms with E-state index in [0.717, 1.165) is 0 Å². The molecule has 118 valence electrons. The highest BCUT2D eigenvalue weighted by Crippen LogP contribution is 2.29. The Kier molecular flexibility index (Phi) is 4.10. The zero-order valence-corrected chi connectivity index (χ0v) is 13.0. The van der Waals surface area contributed by atoms with Crippen molar-refractivity contribution in [1.29, 1.82) is 0 Å². The Morgan fingerprint density at radius 3 is 2.91 bits per heavy atom. The van der Waals surface area contributed by atoms with E-state index in [4.69, 9.17) is 4.42 Å². The maximum atomic E-state index is 13.8. The van der Waals surface area contributed by atoms with Gasteiger partial charge in [-0.2, -0.15) is 0 Å². The summed E-state index contributed by atoms with van der Waals surface area (Å²) in [5.74, 6) is 0.322. The number of halogens is 1. The highest BCUT2D eigenvalue weighted by atomic mass is 19.1. The molecular weight excluding hydrogens is 295 g/mol. The smallest absolute Gasteiger partial charge is 0.287 e. The summed E-state index contributed by atoms with van der Waals surface area (Å²) in [6, 6.07) is 9.57. The van der Waals surface area contributed by atoms with Gasteiger partial charge in [0.2, 0.25) is 0 Å². The lowest BCUT2D eigenvalue weighted by atomic mass is 10.1. The van der Waals surface area contributed by atoms with Gasteiger partial charge in [-0.3, -0.25) is 9.78 Å². The molecule has 0 aliphatic carbocycles. The Balaban J connectivity index is 1.96. The topological polar surface area (TPSA) is 55.1 Å². The zero-order valence-electron chi connectivity index (χ0n) is 13.0. The fourth-order valence-corrected chi connectivity index (χ4v) is 2.33. The van der Waals surface area contributed by atoms with Gasteiger partial charge in [0, 0.05) is 23.7 Å². The Morgan fingerprint density at radius 1 is 1.30 bits per heavy atom. The average molecular weight is 312 g/mol. The lowest BCUT2D eigenvalue weighted by molar-refractivity contribution is 0.0922. The number of benzene rings is 1. The predicted octanol–water partition coefficient (Wildman–Crippen LogP) is 4.02. The Labute approximate surface area is 133 Å². The second-order valence-corrected chi connectivity index (χ2v) is 5.80. The number of aromatic nitrogens is 1. The molecule has 3 aromatic rings. The van der Waals surface area contributed by atoms with Crippen LogP contribution in [0.4, 0.5) is 4.39 Å². The minimum Gasteiger partial charge on any atom is -0.451 e. The summed E-state index contributed by atoms with van der Waals surface area (Å²) in [6.07, 6.45) is 1.64. The molecule has 23 heavy (non-hydrogen) atoms. The van der Waals surface area contributed by atoms with E-state index in [1.807, 2.05) is 13.8 Å². The quantitative estimate of drug-likeness (QED) is 0.791. The molecule has 0 bridgehead atoms. The third kappa shape index (κ3) is 3.23. The fraction of sp³-hybridized carbons (Fsp3) is 0.222. The van der Waals surface area contributed by atoms with Crippen LogP contribution < -0.4 is 5.32 Å². The van der Waals surface area contributed by atoms with Crippen LogP contribution >= 0.6 is 0 Å². The van der Waals surface area contributed by atoms with E-state index < -0.39 is 0 Å². The summed E-state index contributed by atoms with van der Waals surface area (Å²) in [7, 11) is 0. The molecule has 0 aliphatic heterocycles. The van der Waals surface area contributed by atoms with E-state index in [1.165, 1.54) is 12.1 Å². The number of rotatable bonds is 4. The third-order valence-electron chi connectivity index (χ3n) is 3.44. The molecule has 0 atom stereocenters. The van der Waals surface area contributed by atoms with E-state index >= 15 is 0 Å². The van der Waals surface area contributed by atoms with Gasteiger partial charge < -0.3 is 9.73 Å². The standard InChI is InChI=1S/C18H17FN2O2/c1-11(2)10-21-18(22)16-6-5-15(23-16)14-9-13(19)8-12-4-3-7-20-17(12)14/h3-9,11H,10H2,1-2H3,(H,21,22). The van der Waals surface area contributed by atoms with Crippen molar-refractivity contribution in [2.24, 2.45) is 5.92 Å². The van der Waals surface area contributed by atoms with Crippen LogP contribution in [-0.2, 0) is 0 Å². The molecule has 1 N–H and O–H groups in total. The summed E-state index contributed by atoms with van der Waals surface area (Å²) in [4.78, 5) is 16.3. The molecular formula is C18H17FN2O2. The van der Waals surface area contributed by atoms with Gasteiger partial charge in [-0.25, -0.2) is 4.39 Å². The largest absolute Gasteiger partial charge is 0.451 e. The molecule has 0 saturated carbocycles. The van der Waals surface area contributed by atoms with Crippen molar-refractivity contribution in [3.63, 3.8) is 0 Å². The molecule has 3 rings (SSSR count). The minimum atomic E-state index is -0.372. The van der Waals surface area contributed by atoms with E-state index in [2.05, 4.69) is 10.3 Å². The molecule has 1 amide bonds. The van der Waals surface area contributed by atoms with Crippen molar-refractivity contribution in [2.45, 2.75) is 13.8 Å². The Hall–Kier alpha value is -2.69. The van der Waals surface area contributed by atoms with E-state index in [0.29, 0.717) is 34.7 Å². The van der Waals surface area contributed by atoms with Crippen molar-refractivity contribution >= 4 is 16.8 Å². The molecule has 1 aromatic carbocycles. The summed E-state index contributed by atoms with van der Waals surface area (Å²) in [5, 5.41) is 3.47.